The largest absolute Gasteiger partial charge is 0.464 e. The summed E-state index contributed by atoms with van der Waals surface area (Å²) in [6, 6.07) is 22.5. The van der Waals surface area contributed by atoms with E-state index in [1.807, 2.05) is 123 Å². The fraction of sp³-hybridized carbons (Fsp3) is 0.617. The van der Waals surface area contributed by atoms with Crippen LogP contribution in [0.4, 0.5) is 14.4 Å². The van der Waals surface area contributed by atoms with Gasteiger partial charge in [-0.05, 0) is 161 Å². The third kappa shape index (κ3) is 25.1. The quantitative estimate of drug-likeness (QED) is 0.101. The lowest BCUT2D eigenvalue weighted by atomic mass is 9.88. The van der Waals surface area contributed by atoms with Gasteiger partial charge in [0.1, 0.15) is 30.0 Å². The molecule has 3 saturated heterocycles. The molecule has 6 atom stereocenters. The molecule has 0 aliphatic carbocycles. The predicted molar refractivity (Wildman–Crippen MR) is 314 cm³/mol. The van der Waals surface area contributed by atoms with Gasteiger partial charge in [-0.2, -0.15) is 0 Å². The minimum Gasteiger partial charge on any atom is -0.464 e. The second kappa shape index (κ2) is 33.3. The minimum absolute atomic E-state index is 0. The summed E-state index contributed by atoms with van der Waals surface area (Å²) in [6.45, 7) is 23.0. The van der Waals surface area contributed by atoms with Gasteiger partial charge in [-0.25, -0.2) is 19.2 Å². The monoisotopic (exact) mass is 1180 g/mol. The SMILES string of the molecule is C.CC(C)(C)OC(=O)N1CCC[C@@H]([C@@H](OCC(N)=O)c2cccc(Cl)c2)C1.CC(C)(C)OC(=O)N1CCC[C@@H]([C@@H](OCCN)c2cccc(Cl)c2)C1.CCOC(=O)CO[C@@H](c1cccc(Cl)c1)[C@@H]1CCCN(C(=O)OC(C)(C)C)C1. The average Bonchev–Trinajstić information content (AvgIpc) is 3.37. The summed E-state index contributed by atoms with van der Waals surface area (Å²) in [7, 11) is 0. The molecule has 6 rings (SSSR count). The molecule has 3 aliphatic heterocycles. The van der Waals surface area contributed by atoms with Crippen molar-refractivity contribution in [2.45, 2.75) is 150 Å². The van der Waals surface area contributed by atoms with Crippen LogP contribution in [0.3, 0.4) is 0 Å². The zero-order chi connectivity index (χ0) is 58.5. The molecular formula is C60H90Cl3N5O12. The summed E-state index contributed by atoms with van der Waals surface area (Å²) in [5, 5.41) is 1.87. The minimum atomic E-state index is -0.545. The number of hydrogen-bond acceptors (Lipinski definition) is 13. The van der Waals surface area contributed by atoms with Crippen LogP contribution in [-0.4, -0.2) is 134 Å². The first kappa shape index (κ1) is 69.4. The van der Waals surface area contributed by atoms with E-state index >= 15 is 0 Å². The molecule has 80 heavy (non-hydrogen) atoms. The maximum absolute atomic E-state index is 12.5. The van der Waals surface area contributed by atoms with Gasteiger partial charge in [0.2, 0.25) is 5.91 Å². The van der Waals surface area contributed by atoms with Gasteiger partial charge in [0.25, 0.3) is 0 Å². The third-order valence-corrected chi connectivity index (χ3v) is 13.4. The van der Waals surface area contributed by atoms with E-state index in [-0.39, 0.29) is 75.0 Å². The molecule has 0 bridgehead atoms. The summed E-state index contributed by atoms with van der Waals surface area (Å²) < 4.78 is 39.3. The Hall–Kier alpha value is -4.88. The van der Waals surface area contributed by atoms with E-state index in [9.17, 15) is 24.0 Å². The van der Waals surface area contributed by atoms with Gasteiger partial charge < -0.3 is 59.3 Å². The highest BCUT2D eigenvalue weighted by Crippen LogP contribution is 2.37. The number of esters is 1. The molecule has 4 amide bonds. The van der Waals surface area contributed by atoms with Crippen LogP contribution in [0.2, 0.25) is 15.1 Å². The Bertz CT molecular complexity index is 2410. The predicted octanol–water partition coefficient (Wildman–Crippen LogP) is 12.8. The van der Waals surface area contributed by atoms with E-state index in [4.69, 9.17) is 79.4 Å². The molecule has 0 spiro atoms. The summed E-state index contributed by atoms with van der Waals surface area (Å²) >= 11 is 18.4. The zero-order valence-electron chi connectivity index (χ0n) is 47.9. The Kier molecular flexibility index (Phi) is 28.9. The van der Waals surface area contributed by atoms with Crippen LogP contribution in [0.15, 0.2) is 72.8 Å². The smallest absolute Gasteiger partial charge is 0.410 e. The lowest BCUT2D eigenvalue weighted by molar-refractivity contribution is -0.152. The summed E-state index contributed by atoms with van der Waals surface area (Å²) in [5.74, 6) is -0.708. The maximum Gasteiger partial charge on any atom is 0.410 e. The molecular weight excluding hydrogens is 1090 g/mol. The van der Waals surface area contributed by atoms with Crippen molar-refractivity contribution < 1.29 is 57.1 Å². The van der Waals surface area contributed by atoms with Crippen LogP contribution < -0.4 is 11.5 Å². The molecule has 3 heterocycles. The van der Waals surface area contributed by atoms with Crippen molar-refractivity contribution in [2.75, 3.05) is 72.2 Å². The molecule has 0 unspecified atom stereocenters. The molecule has 448 valence electrons. The Labute approximate surface area is 490 Å². The van der Waals surface area contributed by atoms with Crippen molar-refractivity contribution in [3.05, 3.63) is 105 Å². The first-order valence-electron chi connectivity index (χ1n) is 27.3. The van der Waals surface area contributed by atoms with E-state index in [1.54, 1.807) is 33.8 Å². The normalized spacial score (nSPS) is 18.8. The second-order valence-corrected chi connectivity index (χ2v) is 24.3. The van der Waals surface area contributed by atoms with Crippen LogP contribution >= 0.6 is 34.8 Å². The Morgan fingerprint density at radius 2 is 0.875 bits per heavy atom. The molecule has 3 aromatic carbocycles. The van der Waals surface area contributed by atoms with Gasteiger partial charge >= 0.3 is 24.2 Å². The van der Waals surface area contributed by atoms with Crippen LogP contribution in [0, 0.1) is 17.8 Å². The highest BCUT2D eigenvalue weighted by Gasteiger charge is 2.37. The standard InChI is InChI=1S/C21H30ClNO5.C19H27ClN2O4.C19H29ClN2O3.CH4/c1-5-26-18(24)14-27-19(15-8-6-10-17(22)12-15)16-9-7-11-23(13-16)20(25)28-21(2,3)4;1-19(2,3)26-18(24)22-9-5-7-14(11-22)17(25-12-16(21)23)13-6-4-8-15(20)10-13;1-19(2,3)25-18(23)22-10-5-7-15(13-22)17(24-11-9-21)14-6-4-8-16(20)12-14;/h6,8,10,12,16,19H,5,7,9,11,13-14H2,1-4H3;4,6,8,10,14,17H,5,7,9,11-12H2,1-3H3,(H2,21,23);4,6,8,12,15,17H,5,7,9-11,13,21H2,1-3H3;1H4/t16-,19+;14-,17+;15-,17+;/m111./s1. The van der Waals surface area contributed by atoms with Gasteiger partial charge in [0.15, 0.2) is 0 Å². The zero-order valence-corrected chi connectivity index (χ0v) is 50.2. The Morgan fingerprint density at radius 1 is 0.550 bits per heavy atom. The third-order valence-electron chi connectivity index (χ3n) is 12.7. The van der Waals surface area contributed by atoms with Gasteiger partial charge in [0, 0.05) is 78.6 Å². The molecule has 3 fully saturated rings. The number of primary amides is 1. The van der Waals surface area contributed by atoms with Crippen molar-refractivity contribution in [1.82, 2.24) is 14.7 Å². The summed E-state index contributed by atoms with van der Waals surface area (Å²) in [4.78, 5) is 65.5. The number of hydrogen-bond donors (Lipinski definition) is 2. The number of likely N-dealkylation sites (tertiary alicyclic amines) is 3. The average molecular weight is 1180 g/mol. The van der Waals surface area contributed by atoms with Gasteiger partial charge in [-0.1, -0.05) is 78.6 Å². The van der Waals surface area contributed by atoms with E-state index in [0.717, 1.165) is 55.2 Å². The number of halogens is 3. The second-order valence-electron chi connectivity index (χ2n) is 23.0. The Morgan fingerprint density at radius 3 is 1.16 bits per heavy atom. The number of benzene rings is 3. The molecule has 3 aliphatic rings. The van der Waals surface area contributed by atoms with E-state index in [1.165, 1.54) is 0 Å². The number of piperidine rings is 3. The molecule has 4 N–H and O–H groups in total. The highest BCUT2D eigenvalue weighted by molar-refractivity contribution is 6.31. The number of carbonyl (C=O) groups excluding carboxylic acids is 5. The topological polar surface area (TPSA) is 212 Å². The number of carbonyl (C=O) groups is 5. The first-order valence-corrected chi connectivity index (χ1v) is 28.5. The lowest BCUT2D eigenvalue weighted by Gasteiger charge is -2.37. The van der Waals surface area contributed by atoms with Crippen LogP contribution in [0.25, 0.3) is 0 Å². The molecule has 17 nitrogen and oxygen atoms in total. The fourth-order valence-electron chi connectivity index (χ4n) is 9.54. The lowest BCUT2D eigenvalue weighted by Crippen LogP contribution is -2.44. The van der Waals surface area contributed by atoms with Crippen molar-refractivity contribution >= 4 is 65.0 Å². The summed E-state index contributed by atoms with van der Waals surface area (Å²) in [6.07, 6.45) is 3.54. The van der Waals surface area contributed by atoms with Crippen molar-refractivity contribution in [3.63, 3.8) is 0 Å². The van der Waals surface area contributed by atoms with Crippen molar-refractivity contribution in [3.8, 4) is 0 Å². The molecule has 0 aromatic heterocycles. The fourth-order valence-corrected chi connectivity index (χ4v) is 10.1. The number of nitrogens with zero attached hydrogens (tertiary/aromatic N) is 3. The molecule has 0 saturated carbocycles. The van der Waals surface area contributed by atoms with Crippen LogP contribution in [-0.2, 0) is 42.7 Å². The van der Waals surface area contributed by atoms with E-state index in [0.29, 0.717) is 74.1 Å². The van der Waals surface area contributed by atoms with Crippen LogP contribution in [0.1, 0.15) is 150 Å². The molecule has 0 radical (unpaired) electrons. The van der Waals surface area contributed by atoms with Crippen LogP contribution in [0.5, 0.6) is 0 Å². The number of nitrogens with two attached hydrogens (primary N) is 2. The molecule has 20 heteroatoms. The van der Waals surface area contributed by atoms with Crippen molar-refractivity contribution in [1.29, 1.82) is 0 Å². The number of rotatable bonds is 16. The van der Waals surface area contributed by atoms with Gasteiger partial charge in [-0.15, -0.1) is 0 Å². The molecule has 3 aromatic rings. The first-order chi connectivity index (χ1) is 37.1. The van der Waals surface area contributed by atoms with E-state index < -0.39 is 28.7 Å². The number of ether oxygens (including phenoxy) is 7. The summed E-state index contributed by atoms with van der Waals surface area (Å²) in [5.41, 5.74) is 12.1. The van der Waals surface area contributed by atoms with Gasteiger partial charge in [-0.3, -0.25) is 4.79 Å². The van der Waals surface area contributed by atoms with Gasteiger partial charge in [0.05, 0.1) is 31.5 Å². The highest BCUT2D eigenvalue weighted by atomic mass is 35.5. The maximum atomic E-state index is 12.5. The van der Waals surface area contributed by atoms with E-state index in [2.05, 4.69) is 0 Å². The number of amides is 4. The van der Waals surface area contributed by atoms with Crippen molar-refractivity contribution in [2.24, 2.45) is 29.2 Å². The Balaban J connectivity index is 0.000000314.